The number of hydrogen-bond acceptors (Lipinski definition) is 4. The molecule has 0 fully saturated rings. The van der Waals surface area contributed by atoms with Crippen LogP contribution in [0.1, 0.15) is 12.5 Å². The zero-order valence-corrected chi connectivity index (χ0v) is 9.67. The van der Waals surface area contributed by atoms with E-state index in [4.69, 9.17) is 9.84 Å². The van der Waals surface area contributed by atoms with E-state index in [1.807, 2.05) is 0 Å². The maximum Gasteiger partial charge on any atom is 0.344 e. The summed E-state index contributed by atoms with van der Waals surface area (Å²) in [6.07, 6.45) is -0.910. The van der Waals surface area contributed by atoms with E-state index in [2.05, 4.69) is 4.74 Å². The summed E-state index contributed by atoms with van der Waals surface area (Å²) in [7, 11) is 1.30. The highest BCUT2D eigenvalue weighted by atomic mass is 16.5. The molecule has 1 N–H and O–H groups in total. The number of aliphatic carboxylic acids is 1. The van der Waals surface area contributed by atoms with Gasteiger partial charge in [-0.15, -0.1) is 0 Å². The number of methoxy groups -OCH3 is 1. The molecule has 1 rings (SSSR count). The summed E-state index contributed by atoms with van der Waals surface area (Å²) in [4.78, 5) is 21.8. The molecule has 5 heteroatoms. The van der Waals surface area contributed by atoms with Crippen molar-refractivity contribution in [2.45, 2.75) is 19.4 Å². The van der Waals surface area contributed by atoms with Crippen molar-refractivity contribution >= 4 is 11.9 Å². The number of carboxylic acid groups (broad SMARTS) is 1. The largest absolute Gasteiger partial charge is 0.479 e. The van der Waals surface area contributed by atoms with Gasteiger partial charge < -0.3 is 14.6 Å². The Hall–Kier alpha value is -2.04. The molecular weight excluding hydrogens is 224 g/mol. The fraction of sp³-hybridized carbons (Fsp3) is 0.333. The molecule has 0 saturated heterocycles. The van der Waals surface area contributed by atoms with E-state index in [-0.39, 0.29) is 6.42 Å². The van der Waals surface area contributed by atoms with Crippen LogP contribution in [-0.4, -0.2) is 30.3 Å². The molecule has 1 atom stereocenters. The Morgan fingerprint density at radius 3 is 2.59 bits per heavy atom. The second kappa shape index (κ2) is 5.89. The third-order valence-electron chi connectivity index (χ3n) is 2.19. The molecule has 1 unspecified atom stereocenters. The molecule has 5 nitrogen and oxygen atoms in total. The molecule has 0 amide bonds. The fourth-order valence-electron chi connectivity index (χ4n) is 1.23. The lowest BCUT2D eigenvalue weighted by Crippen LogP contribution is -2.23. The van der Waals surface area contributed by atoms with Crippen LogP contribution in [0, 0.1) is 0 Å². The summed E-state index contributed by atoms with van der Waals surface area (Å²) in [6.45, 7) is 1.43. The molecule has 92 valence electrons. The number of para-hydroxylation sites is 1. The van der Waals surface area contributed by atoms with Gasteiger partial charge in [-0.25, -0.2) is 4.79 Å². The Morgan fingerprint density at radius 2 is 2.00 bits per heavy atom. The zero-order valence-electron chi connectivity index (χ0n) is 9.67. The standard InChI is InChI=1S/C12H14O5/c1-8(12(14)15)17-10-6-4-3-5-9(10)7-11(13)16-2/h3-6,8H,7H2,1-2H3,(H,14,15). The summed E-state index contributed by atoms with van der Waals surface area (Å²) in [5, 5.41) is 8.75. The Morgan fingerprint density at radius 1 is 1.35 bits per heavy atom. The Labute approximate surface area is 99.0 Å². The number of ether oxygens (including phenoxy) is 2. The SMILES string of the molecule is COC(=O)Cc1ccccc1OC(C)C(=O)O. The third kappa shape index (κ3) is 3.79. The van der Waals surface area contributed by atoms with E-state index < -0.39 is 18.0 Å². The van der Waals surface area contributed by atoms with Gasteiger partial charge in [-0.3, -0.25) is 4.79 Å². The minimum atomic E-state index is -1.06. The molecule has 0 bridgehead atoms. The lowest BCUT2D eigenvalue weighted by molar-refractivity contribution is -0.144. The van der Waals surface area contributed by atoms with E-state index in [9.17, 15) is 9.59 Å². The summed E-state index contributed by atoms with van der Waals surface area (Å²) in [5.74, 6) is -1.07. The lowest BCUT2D eigenvalue weighted by Gasteiger charge is -2.13. The monoisotopic (exact) mass is 238 g/mol. The highest BCUT2D eigenvalue weighted by molar-refractivity contribution is 5.74. The molecule has 0 aliphatic rings. The number of carboxylic acids is 1. The van der Waals surface area contributed by atoms with E-state index in [1.54, 1.807) is 24.3 Å². The van der Waals surface area contributed by atoms with Gasteiger partial charge in [0.1, 0.15) is 5.75 Å². The molecular formula is C12H14O5. The highest BCUT2D eigenvalue weighted by Crippen LogP contribution is 2.20. The molecule has 0 saturated carbocycles. The first kappa shape index (κ1) is 13.0. The van der Waals surface area contributed by atoms with Crippen molar-refractivity contribution in [1.29, 1.82) is 0 Å². The van der Waals surface area contributed by atoms with Crippen molar-refractivity contribution in [1.82, 2.24) is 0 Å². The predicted octanol–water partition coefficient (Wildman–Crippen LogP) is 1.25. The first-order chi connectivity index (χ1) is 8.04. The average Bonchev–Trinajstić information content (AvgIpc) is 2.31. The van der Waals surface area contributed by atoms with Crippen LogP contribution in [0.4, 0.5) is 0 Å². The van der Waals surface area contributed by atoms with Gasteiger partial charge in [-0.1, -0.05) is 18.2 Å². The molecule has 1 aromatic carbocycles. The van der Waals surface area contributed by atoms with Crippen molar-refractivity contribution < 1.29 is 24.2 Å². The Balaban J connectivity index is 2.84. The smallest absolute Gasteiger partial charge is 0.344 e. The van der Waals surface area contributed by atoms with Crippen LogP contribution < -0.4 is 4.74 Å². The maximum atomic E-state index is 11.2. The van der Waals surface area contributed by atoms with Crippen molar-refractivity contribution in [2.75, 3.05) is 7.11 Å². The van der Waals surface area contributed by atoms with Gasteiger partial charge >= 0.3 is 11.9 Å². The second-order valence-electron chi connectivity index (χ2n) is 3.46. The molecule has 0 aliphatic carbocycles. The van der Waals surface area contributed by atoms with Crippen LogP contribution in [0.5, 0.6) is 5.75 Å². The second-order valence-corrected chi connectivity index (χ2v) is 3.46. The fourth-order valence-corrected chi connectivity index (χ4v) is 1.23. The number of carbonyl (C=O) groups excluding carboxylic acids is 1. The maximum absolute atomic E-state index is 11.2. The molecule has 0 aliphatic heterocycles. The number of esters is 1. The van der Waals surface area contributed by atoms with E-state index in [0.29, 0.717) is 11.3 Å². The number of carbonyl (C=O) groups is 2. The quantitative estimate of drug-likeness (QED) is 0.781. The zero-order chi connectivity index (χ0) is 12.8. The summed E-state index contributed by atoms with van der Waals surface area (Å²) in [6, 6.07) is 6.78. The van der Waals surface area contributed by atoms with Gasteiger partial charge in [0.05, 0.1) is 13.5 Å². The number of benzene rings is 1. The van der Waals surface area contributed by atoms with Gasteiger partial charge in [0.2, 0.25) is 0 Å². The van der Waals surface area contributed by atoms with E-state index in [0.717, 1.165) is 0 Å². The molecule has 0 aromatic heterocycles. The average molecular weight is 238 g/mol. The van der Waals surface area contributed by atoms with Crippen LogP contribution in [0.3, 0.4) is 0 Å². The van der Waals surface area contributed by atoms with Crippen LogP contribution in [0.15, 0.2) is 24.3 Å². The predicted molar refractivity (Wildman–Crippen MR) is 59.9 cm³/mol. The molecule has 0 radical (unpaired) electrons. The first-order valence-electron chi connectivity index (χ1n) is 5.08. The first-order valence-corrected chi connectivity index (χ1v) is 5.08. The minimum absolute atomic E-state index is 0.0546. The molecule has 0 spiro atoms. The summed E-state index contributed by atoms with van der Waals surface area (Å²) in [5.41, 5.74) is 0.604. The minimum Gasteiger partial charge on any atom is -0.479 e. The Kier molecular flexibility index (Phi) is 4.51. The van der Waals surface area contributed by atoms with Crippen molar-refractivity contribution in [3.8, 4) is 5.75 Å². The third-order valence-corrected chi connectivity index (χ3v) is 2.19. The van der Waals surface area contributed by atoms with Gasteiger partial charge in [-0.2, -0.15) is 0 Å². The van der Waals surface area contributed by atoms with Gasteiger partial charge in [0.15, 0.2) is 6.10 Å². The van der Waals surface area contributed by atoms with Crippen LogP contribution in [0.25, 0.3) is 0 Å². The van der Waals surface area contributed by atoms with E-state index in [1.165, 1.54) is 14.0 Å². The molecule has 17 heavy (non-hydrogen) atoms. The lowest BCUT2D eigenvalue weighted by atomic mass is 10.1. The van der Waals surface area contributed by atoms with Gasteiger partial charge in [-0.05, 0) is 13.0 Å². The summed E-state index contributed by atoms with van der Waals surface area (Å²) < 4.78 is 9.80. The van der Waals surface area contributed by atoms with Crippen molar-refractivity contribution in [2.24, 2.45) is 0 Å². The number of hydrogen-bond donors (Lipinski definition) is 1. The molecule has 0 heterocycles. The van der Waals surface area contributed by atoms with Crippen LogP contribution >= 0.6 is 0 Å². The van der Waals surface area contributed by atoms with Gasteiger partial charge in [0.25, 0.3) is 0 Å². The van der Waals surface area contributed by atoms with Crippen molar-refractivity contribution in [3.63, 3.8) is 0 Å². The Bertz CT molecular complexity index is 413. The number of rotatable bonds is 5. The summed E-state index contributed by atoms with van der Waals surface area (Å²) >= 11 is 0. The van der Waals surface area contributed by atoms with Gasteiger partial charge in [0, 0.05) is 5.56 Å². The van der Waals surface area contributed by atoms with Crippen LogP contribution in [-0.2, 0) is 20.7 Å². The van der Waals surface area contributed by atoms with Crippen LogP contribution in [0.2, 0.25) is 0 Å². The highest BCUT2D eigenvalue weighted by Gasteiger charge is 2.15. The van der Waals surface area contributed by atoms with Crippen molar-refractivity contribution in [3.05, 3.63) is 29.8 Å². The topological polar surface area (TPSA) is 72.8 Å². The normalized spacial score (nSPS) is 11.6. The van der Waals surface area contributed by atoms with E-state index >= 15 is 0 Å². The molecule has 1 aromatic rings.